The molecule has 0 amide bonds. The molecule has 0 saturated heterocycles. The summed E-state index contributed by atoms with van der Waals surface area (Å²) in [5.74, 6) is 0. The van der Waals surface area contributed by atoms with Gasteiger partial charge < -0.3 is 16.2 Å². The Labute approximate surface area is 133 Å². The summed E-state index contributed by atoms with van der Waals surface area (Å²) in [5.41, 5.74) is 9.89. The highest BCUT2D eigenvalue weighted by Gasteiger charge is 2.14. The molecule has 2 rings (SSSR count). The molecule has 22 heavy (non-hydrogen) atoms. The molecule has 2 aromatic carbocycles. The van der Waals surface area contributed by atoms with Gasteiger partial charge in [-0.2, -0.15) is 0 Å². The molecule has 0 saturated carbocycles. The second-order valence-electron chi connectivity index (χ2n) is 5.80. The molecule has 0 aliphatic carbocycles. The highest BCUT2D eigenvalue weighted by molar-refractivity contribution is 5.25. The molecule has 0 spiro atoms. The minimum atomic E-state index is -0.530. The van der Waals surface area contributed by atoms with Gasteiger partial charge in [0.05, 0.1) is 6.10 Å². The van der Waals surface area contributed by atoms with Gasteiger partial charge in [0, 0.05) is 12.6 Å². The van der Waals surface area contributed by atoms with E-state index in [4.69, 9.17) is 5.73 Å². The third kappa shape index (κ3) is 5.26. The minimum absolute atomic E-state index is 0.242. The van der Waals surface area contributed by atoms with Crippen LogP contribution in [0.5, 0.6) is 0 Å². The molecule has 4 N–H and O–H groups in total. The van der Waals surface area contributed by atoms with E-state index in [1.807, 2.05) is 30.3 Å². The van der Waals surface area contributed by atoms with Gasteiger partial charge in [-0.1, -0.05) is 54.6 Å². The van der Waals surface area contributed by atoms with Gasteiger partial charge in [-0.3, -0.25) is 0 Å². The fourth-order valence-electron chi connectivity index (χ4n) is 2.54. The Balaban J connectivity index is 1.69. The Morgan fingerprint density at radius 3 is 2.45 bits per heavy atom. The topological polar surface area (TPSA) is 58.3 Å². The molecule has 0 radical (unpaired) electrons. The third-order valence-corrected chi connectivity index (χ3v) is 3.99. The van der Waals surface area contributed by atoms with Crippen LogP contribution in [0.1, 0.15) is 16.7 Å². The lowest BCUT2D eigenvalue weighted by molar-refractivity contribution is 0.142. The lowest BCUT2D eigenvalue weighted by Crippen LogP contribution is -2.43. The Hall–Kier alpha value is -1.68. The van der Waals surface area contributed by atoms with Crippen LogP contribution in [0.25, 0.3) is 0 Å². The maximum absolute atomic E-state index is 10.1. The van der Waals surface area contributed by atoms with Crippen LogP contribution in [0.2, 0.25) is 0 Å². The van der Waals surface area contributed by atoms with Crippen molar-refractivity contribution in [1.82, 2.24) is 5.32 Å². The van der Waals surface area contributed by atoms with Crippen LogP contribution >= 0.6 is 0 Å². The number of rotatable bonds is 8. The van der Waals surface area contributed by atoms with Crippen LogP contribution in [-0.2, 0) is 12.8 Å². The SMILES string of the molecule is Cc1ccccc1CCNC[C@@H](O)[C@@H](N)Cc1ccccc1. The second kappa shape index (κ2) is 8.69. The summed E-state index contributed by atoms with van der Waals surface area (Å²) in [7, 11) is 0. The average Bonchev–Trinajstić information content (AvgIpc) is 2.53. The third-order valence-electron chi connectivity index (χ3n) is 3.99. The molecule has 0 fully saturated rings. The van der Waals surface area contributed by atoms with Crippen molar-refractivity contribution in [3.05, 3.63) is 71.3 Å². The van der Waals surface area contributed by atoms with Crippen molar-refractivity contribution in [1.29, 1.82) is 0 Å². The molecule has 0 bridgehead atoms. The van der Waals surface area contributed by atoms with Crippen LogP contribution in [-0.4, -0.2) is 30.3 Å². The molecule has 0 aliphatic heterocycles. The van der Waals surface area contributed by atoms with Gasteiger partial charge >= 0.3 is 0 Å². The Bertz CT molecular complexity index is 556. The normalized spacial score (nSPS) is 13.8. The second-order valence-corrected chi connectivity index (χ2v) is 5.80. The van der Waals surface area contributed by atoms with Crippen molar-refractivity contribution in [3.8, 4) is 0 Å². The summed E-state index contributed by atoms with van der Waals surface area (Å²) in [4.78, 5) is 0. The molecule has 0 aromatic heterocycles. The highest BCUT2D eigenvalue weighted by atomic mass is 16.3. The zero-order valence-electron chi connectivity index (χ0n) is 13.2. The van der Waals surface area contributed by atoms with Crippen molar-refractivity contribution in [2.75, 3.05) is 13.1 Å². The molecular formula is C19H26N2O. The van der Waals surface area contributed by atoms with Gasteiger partial charge in [0.2, 0.25) is 0 Å². The van der Waals surface area contributed by atoms with Crippen LogP contribution in [0, 0.1) is 6.92 Å². The summed E-state index contributed by atoms with van der Waals surface area (Å²) in [6, 6.07) is 18.2. The van der Waals surface area contributed by atoms with E-state index >= 15 is 0 Å². The number of aryl methyl sites for hydroxylation is 1. The molecule has 118 valence electrons. The Morgan fingerprint density at radius 1 is 1.05 bits per heavy atom. The average molecular weight is 298 g/mol. The van der Waals surface area contributed by atoms with Gasteiger partial charge in [0.1, 0.15) is 0 Å². The first-order valence-electron chi connectivity index (χ1n) is 7.89. The first-order chi connectivity index (χ1) is 10.7. The van der Waals surface area contributed by atoms with Crippen LogP contribution in [0.3, 0.4) is 0 Å². The molecule has 0 aliphatic rings. The van der Waals surface area contributed by atoms with Gasteiger partial charge in [-0.05, 0) is 43.0 Å². The zero-order chi connectivity index (χ0) is 15.8. The number of hydrogen-bond acceptors (Lipinski definition) is 3. The van der Waals surface area contributed by atoms with E-state index in [9.17, 15) is 5.11 Å². The molecule has 2 atom stereocenters. The number of nitrogens with one attached hydrogen (secondary N) is 1. The number of benzene rings is 2. The molecular weight excluding hydrogens is 272 g/mol. The molecule has 0 heterocycles. The largest absolute Gasteiger partial charge is 0.390 e. The standard InChI is InChI=1S/C19H26N2O/c1-15-7-5-6-10-17(15)11-12-21-14-19(22)18(20)13-16-8-3-2-4-9-16/h2-10,18-19,21-22H,11-14,20H2,1H3/t18-,19+/m0/s1. The van der Waals surface area contributed by atoms with Crippen molar-refractivity contribution < 1.29 is 5.11 Å². The fraction of sp³-hybridized carbons (Fsp3) is 0.368. The van der Waals surface area contributed by atoms with Gasteiger partial charge in [0.25, 0.3) is 0 Å². The summed E-state index contributed by atoms with van der Waals surface area (Å²) >= 11 is 0. The summed E-state index contributed by atoms with van der Waals surface area (Å²) in [5, 5.41) is 13.4. The molecule has 3 nitrogen and oxygen atoms in total. The van der Waals surface area contributed by atoms with Gasteiger partial charge in [0.15, 0.2) is 0 Å². The van der Waals surface area contributed by atoms with E-state index in [-0.39, 0.29) is 6.04 Å². The predicted molar refractivity (Wildman–Crippen MR) is 91.9 cm³/mol. The van der Waals surface area contributed by atoms with Gasteiger partial charge in [-0.15, -0.1) is 0 Å². The van der Waals surface area contributed by atoms with Crippen molar-refractivity contribution >= 4 is 0 Å². The van der Waals surface area contributed by atoms with Crippen molar-refractivity contribution in [2.45, 2.75) is 31.9 Å². The van der Waals surface area contributed by atoms with E-state index in [0.29, 0.717) is 13.0 Å². The number of aliphatic hydroxyl groups is 1. The monoisotopic (exact) mass is 298 g/mol. The maximum atomic E-state index is 10.1. The van der Waals surface area contributed by atoms with E-state index in [0.717, 1.165) is 18.5 Å². The lowest BCUT2D eigenvalue weighted by Gasteiger charge is -2.19. The quantitative estimate of drug-likeness (QED) is 0.654. The molecule has 2 aromatic rings. The predicted octanol–water partition coefficient (Wildman–Crippen LogP) is 2.06. The minimum Gasteiger partial charge on any atom is -0.390 e. The first-order valence-corrected chi connectivity index (χ1v) is 7.89. The van der Waals surface area contributed by atoms with E-state index in [1.165, 1.54) is 11.1 Å². The molecule has 3 heteroatoms. The van der Waals surface area contributed by atoms with Crippen LogP contribution < -0.4 is 11.1 Å². The zero-order valence-corrected chi connectivity index (χ0v) is 13.2. The lowest BCUT2D eigenvalue weighted by atomic mass is 10.0. The van der Waals surface area contributed by atoms with Crippen LogP contribution in [0.15, 0.2) is 54.6 Å². The number of hydrogen-bond donors (Lipinski definition) is 3. The number of nitrogens with two attached hydrogens (primary N) is 1. The Morgan fingerprint density at radius 2 is 1.73 bits per heavy atom. The van der Waals surface area contributed by atoms with Crippen LogP contribution in [0.4, 0.5) is 0 Å². The van der Waals surface area contributed by atoms with E-state index in [2.05, 4.69) is 36.5 Å². The summed E-state index contributed by atoms with van der Waals surface area (Å²) in [6.45, 7) is 3.50. The fourth-order valence-corrected chi connectivity index (χ4v) is 2.54. The summed E-state index contributed by atoms with van der Waals surface area (Å²) in [6.07, 6.45) is 1.13. The van der Waals surface area contributed by atoms with Crippen molar-refractivity contribution in [2.24, 2.45) is 5.73 Å². The van der Waals surface area contributed by atoms with E-state index < -0.39 is 6.10 Å². The maximum Gasteiger partial charge on any atom is 0.0818 e. The number of aliphatic hydroxyl groups excluding tert-OH is 1. The summed E-state index contributed by atoms with van der Waals surface area (Å²) < 4.78 is 0. The Kier molecular flexibility index (Phi) is 6.59. The first kappa shape index (κ1) is 16.7. The highest BCUT2D eigenvalue weighted by Crippen LogP contribution is 2.07. The molecule has 0 unspecified atom stereocenters. The van der Waals surface area contributed by atoms with E-state index in [1.54, 1.807) is 0 Å². The van der Waals surface area contributed by atoms with Gasteiger partial charge in [-0.25, -0.2) is 0 Å². The smallest absolute Gasteiger partial charge is 0.0818 e. The van der Waals surface area contributed by atoms with Crippen molar-refractivity contribution in [3.63, 3.8) is 0 Å².